The quantitative estimate of drug-likeness (QED) is 0.677. The zero-order valence-electron chi connectivity index (χ0n) is 19.3. The van der Waals surface area contributed by atoms with Crippen LogP contribution in [0.2, 0.25) is 0 Å². The number of nitrogens with zero attached hydrogens (tertiary/aromatic N) is 2. The third-order valence-corrected chi connectivity index (χ3v) is 7.10. The largest absolute Gasteiger partial charge is 0.494 e. The number of ether oxygens (including phenoxy) is 3. The number of aromatic nitrogens is 2. The summed E-state index contributed by atoms with van der Waals surface area (Å²) in [5.74, 6) is 0.825. The molecule has 5 rings (SSSR count). The van der Waals surface area contributed by atoms with Gasteiger partial charge in [-0.05, 0) is 46.0 Å². The van der Waals surface area contributed by atoms with Gasteiger partial charge >= 0.3 is 7.12 Å². The Morgan fingerprint density at radius 1 is 0.969 bits per heavy atom. The molecule has 7 nitrogen and oxygen atoms in total. The van der Waals surface area contributed by atoms with Crippen LogP contribution in [0.15, 0.2) is 36.5 Å². The van der Waals surface area contributed by atoms with Gasteiger partial charge in [0.15, 0.2) is 11.6 Å². The van der Waals surface area contributed by atoms with Crippen molar-refractivity contribution in [3.8, 4) is 17.3 Å². The zero-order valence-corrected chi connectivity index (χ0v) is 19.3. The lowest BCUT2D eigenvalue weighted by atomic mass is 9.78. The average molecular weight is 438 g/mol. The highest BCUT2D eigenvalue weighted by molar-refractivity contribution is 6.62. The molecule has 2 aliphatic heterocycles. The van der Waals surface area contributed by atoms with Gasteiger partial charge in [0.1, 0.15) is 6.10 Å². The van der Waals surface area contributed by atoms with Crippen molar-refractivity contribution in [1.29, 1.82) is 0 Å². The van der Waals surface area contributed by atoms with Crippen LogP contribution in [-0.2, 0) is 18.8 Å². The summed E-state index contributed by atoms with van der Waals surface area (Å²) in [5, 5.41) is 0. The first-order chi connectivity index (χ1) is 15.3. The molecule has 32 heavy (non-hydrogen) atoms. The van der Waals surface area contributed by atoms with E-state index in [1.165, 1.54) is 0 Å². The second kappa shape index (κ2) is 8.10. The molecule has 0 radical (unpaired) electrons. The van der Waals surface area contributed by atoms with Crippen LogP contribution in [0.4, 0.5) is 0 Å². The minimum Gasteiger partial charge on any atom is -0.474 e. The van der Waals surface area contributed by atoms with Gasteiger partial charge in [-0.25, -0.2) is 4.98 Å². The Kier molecular flexibility index (Phi) is 5.52. The Morgan fingerprint density at radius 2 is 1.66 bits per heavy atom. The van der Waals surface area contributed by atoms with E-state index in [2.05, 4.69) is 37.7 Å². The van der Waals surface area contributed by atoms with E-state index in [1.54, 1.807) is 6.20 Å². The van der Waals surface area contributed by atoms with Crippen LogP contribution in [0.25, 0.3) is 11.4 Å². The molecule has 2 saturated heterocycles. The van der Waals surface area contributed by atoms with Crippen molar-refractivity contribution in [1.82, 2.24) is 9.97 Å². The van der Waals surface area contributed by atoms with Gasteiger partial charge in [-0.1, -0.05) is 24.3 Å². The normalized spacial score (nSPS) is 24.2. The first-order valence-corrected chi connectivity index (χ1v) is 11.5. The topological polar surface area (TPSA) is 71.9 Å². The molecule has 1 aromatic heterocycles. The van der Waals surface area contributed by atoms with E-state index in [0.717, 1.165) is 36.7 Å². The monoisotopic (exact) mass is 438 g/mol. The first kappa shape index (κ1) is 21.8. The Labute approximate surface area is 189 Å². The molecular formula is C24H31BN2O5. The molecule has 3 fully saturated rings. The molecule has 1 aromatic carbocycles. The molecule has 170 valence electrons. The maximum Gasteiger partial charge on any atom is 0.494 e. The zero-order chi connectivity index (χ0) is 22.4. The van der Waals surface area contributed by atoms with Crippen LogP contribution in [0, 0.1) is 0 Å². The SMILES string of the molecule is CC1(C)OB(c2cccc(-c3nccc(OC4CCC5(CC4)OCCO5)n3)c2)OC1(C)C. The van der Waals surface area contributed by atoms with Crippen molar-refractivity contribution in [3.05, 3.63) is 36.5 Å². The van der Waals surface area contributed by atoms with Crippen molar-refractivity contribution in [2.45, 2.75) is 76.5 Å². The minimum atomic E-state index is -0.422. The molecular weight excluding hydrogens is 407 g/mol. The molecule has 3 aliphatic rings. The van der Waals surface area contributed by atoms with Crippen molar-refractivity contribution >= 4 is 12.6 Å². The molecule has 8 heteroatoms. The first-order valence-electron chi connectivity index (χ1n) is 11.5. The Morgan fingerprint density at radius 3 is 2.34 bits per heavy atom. The fraction of sp³-hybridized carbons (Fsp3) is 0.583. The van der Waals surface area contributed by atoms with Crippen LogP contribution < -0.4 is 10.2 Å². The van der Waals surface area contributed by atoms with Gasteiger partial charge in [0.2, 0.25) is 5.88 Å². The van der Waals surface area contributed by atoms with Crippen LogP contribution in [-0.4, -0.2) is 53.4 Å². The summed E-state index contributed by atoms with van der Waals surface area (Å²) in [6.07, 6.45) is 5.32. The lowest BCUT2D eigenvalue weighted by Gasteiger charge is -2.35. The van der Waals surface area contributed by atoms with E-state index < -0.39 is 7.12 Å². The lowest BCUT2D eigenvalue weighted by Crippen LogP contribution is -2.41. The Bertz CT molecular complexity index is 950. The highest BCUT2D eigenvalue weighted by Crippen LogP contribution is 2.38. The summed E-state index contributed by atoms with van der Waals surface area (Å²) < 4.78 is 30.2. The minimum absolute atomic E-state index is 0.104. The van der Waals surface area contributed by atoms with Gasteiger partial charge in [0.05, 0.1) is 24.4 Å². The van der Waals surface area contributed by atoms with Crippen LogP contribution >= 0.6 is 0 Å². The molecule has 0 amide bonds. The summed E-state index contributed by atoms with van der Waals surface area (Å²) >= 11 is 0. The molecule has 1 saturated carbocycles. The van der Waals surface area contributed by atoms with Gasteiger partial charge in [-0.3, -0.25) is 0 Å². The fourth-order valence-corrected chi connectivity index (χ4v) is 4.46. The average Bonchev–Trinajstić information content (AvgIpc) is 3.31. The second-order valence-electron chi connectivity index (χ2n) is 9.86. The highest BCUT2D eigenvalue weighted by atomic mass is 16.7. The van der Waals surface area contributed by atoms with Crippen molar-refractivity contribution < 1.29 is 23.5 Å². The number of hydrogen-bond acceptors (Lipinski definition) is 7. The van der Waals surface area contributed by atoms with Crippen LogP contribution in [0.1, 0.15) is 53.4 Å². The van der Waals surface area contributed by atoms with E-state index in [9.17, 15) is 0 Å². The molecule has 2 aromatic rings. The smallest absolute Gasteiger partial charge is 0.474 e. The highest BCUT2D eigenvalue weighted by Gasteiger charge is 2.51. The Hall–Kier alpha value is -2.00. The number of benzene rings is 1. The molecule has 3 heterocycles. The summed E-state index contributed by atoms with van der Waals surface area (Å²) in [6.45, 7) is 9.59. The van der Waals surface area contributed by atoms with Gasteiger partial charge in [0.25, 0.3) is 0 Å². The van der Waals surface area contributed by atoms with Gasteiger partial charge < -0.3 is 23.5 Å². The number of rotatable bonds is 4. The van der Waals surface area contributed by atoms with E-state index >= 15 is 0 Å². The summed E-state index contributed by atoms with van der Waals surface area (Å²) in [5.41, 5.74) is 1.08. The molecule has 0 N–H and O–H groups in total. The molecule has 0 unspecified atom stereocenters. The molecule has 0 atom stereocenters. The van der Waals surface area contributed by atoms with Crippen molar-refractivity contribution in [3.63, 3.8) is 0 Å². The third kappa shape index (κ3) is 4.17. The van der Waals surface area contributed by atoms with Crippen molar-refractivity contribution in [2.75, 3.05) is 13.2 Å². The summed E-state index contributed by atoms with van der Waals surface area (Å²) in [4.78, 5) is 9.15. The van der Waals surface area contributed by atoms with Gasteiger partial charge in [-0.2, -0.15) is 4.98 Å². The van der Waals surface area contributed by atoms with Crippen molar-refractivity contribution in [2.24, 2.45) is 0 Å². The molecule has 1 aliphatic carbocycles. The lowest BCUT2D eigenvalue weighted by molar-refractivity contribution is -0.186. The van der Waals surface area contributed by atoms with E-state index in [0.29, 0.717) is 24.9 Å². The standard InChI is InChI=1S/C24H31BN2O5/c1-22(2)23(3,4)32-25(31-22)18-7-5-6-17(16-18)21-26-13-10-20(27-21)30-19-8-11-24(12-9-19)28-14-15-29-24/h5-7,10,13,16,19H,8-9,11-12,14-15H2,1-4H3. The maximum absolute atomic E-state index is 6.20. The molecule has 0 bridgehead atoms. The number of hydrogen-bond donors (Lipinski definition) is 0. The van der Waals surface area contributed by atoms with Gasteiger partial charge in [0, 0.05) is 30.7 Å². The van der Waals surface area contributed by atoms with E-state index in [1.807, 2.05) is 30.3 Å². The van der Waals surface area contributed by atoms with Gasteiger partial charge in [-0.15, -0.1) is 0 Å². The predicted octanol–water partition coefficient (Wildman–Crippen LogP) is 3.51. The van der Waals surface area contributed by atoms with E-state index in [-0.39, 0.29) is 23.1 Å². The maximum atomic E-state index is 6.20. The third-order valence-electron chi connectivity index (χ3n) is 7.10. The van der Waals surface area contributed by atoms with Crippen LogP contribution in [0.5, 0.6) is 5.88 Å². The molecule has 1 spiro atoms. The predicted molar refractivity (Wildman–Crippen MR) is 121 cm³/mol. The second-order valence-corrected chi connectivity index (χ2v) is 9.86. The van der Waals surface area contributed by atoms with E-state index in [4.69, 9.17) is 23.5 Å². The Balaban J connectivity index is 1.28. The summed E-state index contributed by atoms with van der Waals surface area (Å²) in [7, 11) is -0.422. The fourth-order valence-electron chi connectivity index (χ4n) is 4.46. The van der Waals surface area contributed by atoms with Crippen LogP contribution in [0.3, 0.4) is 0 Å². The summed E-state index contributed by atoms with van der Waals surface area (Å²) in [6, 6.07) is 9.83.